The number of hydrogen-bond donors (Lipinski definition) is 1. The summed E-state index contributed by atoms with van der Waals surface area (Å²) < 4.78 is 1.30. The minimum absolute atomic E-state index is 0.0236. The van der Waals surface area contributed by atoms with Crippen LogP contribution in [0, 0.1) is 0 Å². The second-order valence-corrected chi connectivity index (χ2v) is 7.27. The molecule has 0 aliphatic rings. The van der Waals surface area contributed by atoms with Crippen molar-refractivity contribution in [3.05, 3.63) is 53.1 Å². The summed E-state index contributed by atoms with van der Waals surface area (Å²) in [5, 5.41) is 3.16. The van der Waals surface area contributed by atoms with Gasteiger partial charge in [0.1, 0.15) is 11.4 Å². The van der Waals surface area contributed by atoms with E-state index in [9.17, 15) is 14.4 Å². The Morgan fingerprint density at radius 3 is 2.64 bits per heavy atom. The number of thiophene rings is 1. The van der Waals surface area contributed by atoms with E-state index < -0.39 is 0 Å². The van der Waals surface area contributed by atoms with Gasteiger partial charge in [-0.05, 0) is 25.5 Å². The summed E-state index contributed by atoms with van der Waals surface area (Å²) >= 11 is 1.44. The Bertz CT molecular complexity index is 1040. The van der Waals surface area contributed by atoms with E-state index in [0.29, 0.717) is 23.3 Å². The number of aromatic nitrogens is 2. The lowest BCUT2D eigenvalue weighted by molar-refractivity contribution is -0.136. The minimum Gasteiger partial charge on any atom is -0.355 e. The Kier molecular flexibility index (Phi) is 6.20. The quantitative estimate of drug-likeness (QED) is 0.661. The molecule has 0 aliphatic heterocycles. The zero-order chi connectivity index (χ0) is 20.1. The molecule has 0 spiro atoms. The molecule has 7 nitrogen and oxygen atoms in total. The maximum Gasteiger partial charge on any atom is 0.262 e. The highest BCUT2D eigenvalue weighted by Gasteiger charge is 2.17. The summed E-state index contributed by atoms with van der Waals surface area (Å²) in [6, 6.07) is 11.6. The van der Waals surface area contributed by atoms with E-state index in [0.717, 1.165) is 10.4 Å². The molecule has 2 amide bonds. The number of nitrogens with one attached hydrogen (secondary N) is 1. The van der Waals surface area contributed by atoms with Crippen molar-refractivity contribution in [3.8, 4) is 10.4 Å². The highest BCUT2D eigenvalue weighted by atomic mass is 32.1. The second-order valence-electron chi connectivity index (χ2n) is 6.23. The normalized spacial score (nSPS) is 10.8. The van der Waals surface area contributed by atoms with Gasteiger partial charge in [-0.3, -0.25) is 19.0 Å². The SMILES string of the molecule is CCNC(=O)CN(CC)C(=O)Cn1cnc2sc(-c3ccccc3)cc2c1=O. The summed E-state index contributed by atoms with van der Waals surface area (Å²) in [5.41, 5.74) is 0.762. The Morgan fingerprint density at radius 2 is 1.96 bits per heavy atom. The third kappa shape index (κ3) is 4.28. The molecule has 28 heavy (non-hydrogen) atoms. The summed E-state index contributed by atoms with van der Waals surface area (Å²) in [4.78, 5) is 44.5. The van der Waals surface area contributed by atoms with E-state index in [1.807, 2.05) is 43.3 Å². The summed E-state index contributed by atoms with van der Waals surface area (Å²) in [5.74, 6) is -0.514. The topological polar surface area (TPSA) is 84.3 Å². The van der Waals surface area contributed by atoms with Crippen LogP contribution in [0.25, 0.3) is 20.7 Å². The van der Waals surface area contributed by atoms with Crippen LogP contribution in [-0.4, -0.2) is 45.9 Å². The first-order valence-electron chi connectivity index (χ1n) is 9.12. The average molecular weight is 398 g/mol. The van der Waals surface area contributed by atoms with Crippen molar-refractivity contribution < 1.29 is 9.59 Å². The summed E-state index contributed by atoms with van der Waals surface area (Å²) in [6.07, 6.45) is 1.40. The van der Waals surface area contributed by atoms with Crippen LogP contribution in [0.3, 0.4) is 0 Å². The van der Waals surface area contributed by atoms with Crippen molar-refractivity contribution in [1.82, 2.24) is 19.8 Å². The molecule has 0 unspecified atom stereocenters. The number of nitrogens with zero attached hydrogens (tertiary/aromatic N) is 3. The molecule has 146 valence electrons. The summed E-state index contributed by atoms with van der Waals surface area (Å²) in [6.45, 7) is 4.34. The number of carbonyl (C=O) groups is 2. The van der Waals surface area contributed by atoms with Crippen LogP contribution in [0.2, 0.25) is 0 Å². The fourth-order valence-electron chi connectivity index (χ4n) is 2.87. The molecule has 0 bridgehead atoms. The maximum absolute atomic E-state index is 12.8. The molecule has 0 saturated carbocycles. The van der Waals surface area contributed by atoms with Gasteiger partial charge in [0.05, 0.1) is 18.3 Å². The molecular formula is C20H22N4O3S. The van der Waals surface area contributed by atoms with Gasteiger partial charge in [0.25, 0.3) is 5.56 Å². The fraction of sp³-hybridized carbons (Fsp3) is 0.300. The first kappa shape index (κ1) is 19.8. The number of likely N-dealkylation sites (N-methyl/N-ethyl adjacent to an activating group) is 2. The number of benzene rings is 1. The van der Waals surface area contributed by atoms with Crippen LogP contribution < -0.4 is 10.9 Å². The third-order valence-electron chi connectivity index (χ3n) is 4.32. The number of carbonyl (C=O) groups excluding carboxylic acids is 2. The van der Waals surface area contributed by atoms with Crippen molar-refractivity contribution >= 4 is 33.4 Å². The number of rotatable bonds is 7. The highest BCUT2D eigenvalue weighted by Crippen LogP contribution is 2.30. The van der Waals surface area contributed by atoms with E-state index in [-0.39, 0.29) is 30.5 Å². The van der Waals surface area contributed by atoms with Gasteiger partial charge >= 0.3 is 0 Å². The van der Waals surface area contributed by atoms with E-state index in [1.165, 1.54) is 27.1 Å². The van der Waals surface area contributed by atoms with Gasteiger partial charge in [0, 0.05) is 18.0 Å². The number of fused-ring (bicyclic) bond motifs is 1. The Labute approximate surface area is 166 Å². The van der Waals surface area contributed by atoms with Gasteiger partial charge in [0.2, 0.25) is 11.8 Å². The molecule has 0 saturated heterocycles. The van der Waals surface area contributed by atoms with Gasteiger partial charge < -0.3 is 10.2 Å². The zero-order valence-electron chi connectivity index (χ0n) is 15.8. The summed E-state index contributed by atoms with van der Waals surface area (Å²) in [7, 11) is 0. The van der Waals surface area contributed by atoms with Crippen LogP contribution in [0.4, 0.5) is 0 Å². The van der Waals surface area contributed by atoms with Gasteiger partial charge in [-0.1, -0.05) is 30.3 Å². The van der Waals surface area contributed by atoms with Crippen LogP contribution in [0.5, 0.6) is 0 Å². The van der Waals surface area contributed by atoms with E-state index in [4.69, 9.17) is 0 Å². The molecule has 8 heteroatoms. The largest absolute Gasteiger partial charge is 0.355 e. The average Bonchev–Trinajstić information content (AvgIpc) is 3.14. The molecular weight excluding hydrogens is 376 g/mol. The number of hydrogen-bond acceptors (Lipinski definition) is 5. The van der Waals surface area contributed by atoms with Crippen LogP contribution in [0.1, 0.15) is 13.8 Å². The molecule has 1 N–H and O–H groups in total. The van der Waals surface area contributed by atoms with Crippen molar-refractivity contribution in [3.63, 3.8) is 0 Å². The second kappa shape index (κ2) is 8.79. The predicted octanol–water partition coefficient (Wildman–Crippen LogP) is 2.11. The molecule has 3 aromatic rings. The minimum atomic E-state index is -0.296. The molecule has 1 aromatic carbocycles. The molecule has 0 aliphatic carbocycles. The monoisotopic (exact) mass is 398 g/mol. The molecule has 0 radical (unpaired) electrons. The van der Waals surface area contributed by atoms with Gasteiger partial charge in [-0.2, -0.15) is 0 Å². The van der Waals surface area contributed by atoms with Crippen molar-refractivity contribution in [2.75, 3.05) is 19.6 Å². The Balaban J connectivity index is 1.83. The predicted molar refractivity (Wildman–Crippen MR) is 110 cm³/mol. The standard InChI is InChI=1S/C20H22N4O3S/c1-3-21-17(25)11-23(4-2)18(26)12-24-13-22-19-15(20(24)27)10-16(28-19)14-8-6-5-7-9-14/h5-10,13H,3-4,11-12H2,1-2H3,(H,21,25). The lowest BCUT2D eigenvalue weighted by Crippen LogP contribution is -2.42. The van der Waals surface area contributed by atoms with E-state index in [1.54, 1.807) is 6.92 Å². The Morgan fingerprint density at radius 1 is 1.21 bits per heavy atom. The third-order valence-corrected chi connectivity index (χ3v) is 5.42. The van der Waals surface area contributed by atoms with Crippen LogP contribution in [-0.2, 0) is 16.1 Å². The first-order chi connectivity index (χ1) is 13.5. The van der Waals surface area contributed by atoms with Gasteiger partial charge in [-0.15, -0.1) is 11.3 Å². The van der Waals surface area contributed by atoms with E-state index in [2.05, 4.69) is 10.3 Å². The molecule has 0 fully saturated rings. The zero-order valence-corrected chi connectivity index (χ0v) is 16.7. The molecule has 3 rings (SSSR count). The van der Waals surface area contributed by atoms with Crippen LogP contribution >= 0.6 is 11.3 Å². The Hall–Kier alpha value is -3.00. The van der Waals surface area contributed by atoms with Gasteiger partial charge in [0.15, 0.2) is 0 Å². The smallest absolute Gasteiger partial charge is 0.262 e. The van der Waals surface area contributed by atoms with Crippen molar-refractivity contribution in [2.24, 2.45) is 0 Å². The number of amides is 2. The molecule has 2 aromatic heterocycles. The fourth-order valence-corrected chi connectivity index (χ4v) is 3.86. The molecule has 0 atom stereocenters. The molecule has 2 heterocycles. The lowest BCUT2D eigenvalue weighted by Gasteiger charge is -2.20. The van der Waals surface area contributed by atoms with Crippen molar-refractivity contribution in [2.45, 2.75) is 20.4 Å². The van der Waals surface area contributed by atoms with Gasteiger partial charge in [-0.25, -0.2) is 4.98 Å². The lowest BCUT2D eigenvalue weighted by atomic mass is 10.2. The van der Waals surface area contributed by atoms with E-state index >= 15 is 0 Å². The first-order valence-corrected chi connectivity index (χ1v) is 9.94. The van der Waals surface area contributed by atoms with Crippen LogP contribution in [0.15, 0.2) is 47.5 Å². The highest BCUT2D eigenvalue weighted by molar-refractivity contribution is 7.21. The van der Waals surface area contributed by atoms with Crippen molar-refractivity contribution in [1.29, 1.82) is 0 Å². The maximum atomic E-state index is 12.8.